The first kappa shape index (κ1) is 15.3. The summed E-state index contributed by atoms with van der Waals surface area (Å²) in [6.07, 6.45) is 8.18. The van der Waals surface area contributed by atoms with Gasteiger partial charge in [-0.3, -0.25) is 15.0 Å². The van der Waals surface area contributed by atoms with Crippen LogP contribution in [-0.2, 0) is 9.53 Å². The number of nitrogens with zero attached hydrogens (tertiary/aromatic N) is 1. The van der Waals surface area contributed by atoms with Gasteiger partial charge in [-0.25, -0.2) is 0 Å². The number of morpholine rings is 1. The van der Waals surface area contributed by atoms with Crippen LogP contribution in [0.4, 0.5) is 0 Å². The van der Waals surface area contributed by atoms with E-state index in [1.807, 2.05) is 6.92 Å². The van der Waals surface area contributed by atoms with Gasteiger partial charge in [0.15, 0.2) is 0 Å². The molecule has 5 nitrogen and oxygen atoms in total. The van der Waals surface area contributed by atoms with Crippen LogP contribution in [0.15, 0.2) is 0 Å². The summed E-state index contributed by atoms with van der Waals surface area (Å²) in [6.45, 7) is 4.43. The summed E-state index contributed by atoms with van der Waals surface area (Å²) in [6, 6.07) is 0.921. The zero-order valence-corrected chi connectivity index (χ0v) is 13.0. The number of carbonyl (C=O) groups is 1. The Morgan fingerprint density at radius 1 is 1.33 bits per heavy atom. The molecular formula is C16H28N2O3. The van der Waals surface area contributed by atoms with Crippen molar-refractivity contribution in [2.75, 3.05) is 19.7 Å². The molecule has 3 fully saturated rings. The predicted octanol–water partition coefficient (Wildman–Crippen LogP) is 1.62. The van der Waals surface area contributed by atoms with Crippen LogP contribution in [0.5, 0.6) is 0 Å². The van der Waals surface area contributed by atoms with Gasteiger partial charge in [-0.1, -0.05) is 12.8 Å². The van der Waals surface area contributed by atoms with Gasteiger partial charge >= 0.3 is 5.97 Å². The Balaban J connectivity index is 1.57. The van der Waals surface area contributed by atoms with Gasteiger partial charge in [-0.15, -0.1) is 0 Å². The molecule has 1 aliphatic heterocycles. The molecule has 1 saturated heterocycles. The molecule has 1 heterocycles. The van der Waals surface area contributed by atoms with Crippen molar-refractivity contribution >= 4 is 5.97 Å². The van der Waals surface area contributed by atoms with Crippen molar-refractivity contribution < 1.29 is 14.6 Å². The number of hydrogen-bond donors (Lipinski definition) is 2. The maximum atomic E-state index is 11.6. The highest BCUT2D eigenvalue weighted by Crippen LogP contribution is 2.30. The molecule has 0 spiro atoms. The third-order valence-electron chi connectivity index (χ3n) is 5.32. The molecule has 3 aliphatic rings. The van der Waals surface area contributed by atoms with Crippen LogP contribution in [0.3, 0.4) is 0 Å². The molecule has 0 radical (unpaired) electrons. The average Bonchev–Trinajstić information content (AvgIpc) is 3.28. The molecule has 3 rings (SSSR count). The average molecular weight is 296 g/mol. The Bertz CT molecular complexity index is 384. The van der Waals surface area contributed by atoms with Crippen LogP contribution in [0, 0.1) is 0 Å². The summed E-state index contributed by atoms with van der Waals surface area (Å²) in [5, 5.41) is 12.9. The molecule has 0 aromatic heterocycles. The second kappa shape index (κ2) is 6.23. The number of hydrogen-bond acceptors (Lipinski definition) is 4. The molecule has 2 aliphatic carbocycles. The van der Waals surface area contributed by atoms with E-state index in [0.717, 1.165) is 39.0 Å². The molecule has 2 N–H and O–H groups in total. The zero-order chi connectivity index (χ0) is 14.9. The lowest BCUT2D eigenvalue weighted by Crippen LogP contribution is -2.56. The Hall–Kier alpha value is -0.650. The first-order valence-electron chi connectivity index (χ1n) is 8.45. The molecule has 0 aromatic rings. The molecular weight excluding hydrogens is 268 g/mol. The van der Waals surface area contributed by atoms with Gasteiger partial charge < -0.3 is 9.84 Å². The van der Waals surface area contributed by atoms with E-state index in [1.54, 1.807) is 0 Å². The first-order valence-corrected chi connectivity index (χ1v) is 8.45. The molecule has 3 unspecified atom stereocenters. The van der Waals surface area contributed by atoms with E-state index in [4.69, 9.17) is 4.74 Å². The normalized spacial score (nSPS) is 33.2. The molecule has 0 aromatic carbocycles. The molecule has 2 saturated carbocycles. The van der Waals surface area contributed by atoms with Crippen molar-refractivity contribution in [2.24, 2.45) is 0 Å². The minimum Gasteiger partial charge on any atom is -0.480 e. The standard InChI is InChI=1S/C16H28N2O3/c1-16(15(19)20,17-12-6-7-12)8-9-18-10-11-21-14-5-3-2-4-13(14)18/h12-14,17H,2-11H2,1H3,(H,19,20). The SMILES string of the molecule is CC(CCN1CCOC2CCCCC21)(NC1CC1)C(=O)O. The van der Waals surface area contributed by atoms with Crippen LogP contribution < -0.4 is 5.32 Å². The largest absolute Gasteiger partial charge is 0.480 e. The van der Waals surface area contributed by atoms with Crippen molar-refractivity contribution in [3.05, 3.63) is 0 Å². The van der Waals surface area contributed by atoms with Crippen LogP contribution >= 0.6 is 0 Å². The number of carboxylic acid groups (broad SMARTS) is 1. The number of rotatable bonds is 6. The van der Waals surface area contributed by atoms with E-state index >= 15 is 0 Å². The Morgan fingerprint density at radius 2 is 2.10 bits per heavy atom. The summed E-state index contributed by atoms with van der Waals surface area (Å²) in [5.74, 6) is -0.720. The molecule has 0 amide bonds. The zero-order valence-electron chi connectivity index (χ0n) is 13.0. The Kier molecular flexibility index (Phi) is 4.52. The van der Waals surface area contributed by atoms with E-state index in [9.17, 15) is 9.90 Å². The molecule has 120 valence electrons. The fourth-order valence-electron chi connectivity index (χ4n) is 3.74. The lowest BCUT2D eigenvalue weighted by atomic mass is 9.89. The lowest BCUT2D eigenvalue weighted by molar-refractivity contribution is -0.145. The quantitative estimate of drug-likeness (QED) is 0.780. The third kappa shape index (κ3) is 3.58. The lowest BCUT2D eigenvalue weighted by Gasteiger charge is -2.44. The van der Waals surface area contributed by atoms with Crippen molar-refractivity contribution in [1.29, 1.82) is 0 Å². The summed E-state index contributed by atoms with van der Waals surface area (Å²) in [5.41, 5.74) is -0.788. The summed E-state index contributed by atoms with van der Waals surface area (Å²) >= 11 is 0. The number of carboxylic acids is 1. The van der Waals surface area contributed by atoms with Crippen molar-refractivity contribution in [1.82, 2.24) is 10.2 Å². The first-order chi connectivity index (χ1) is 10.1. The second-order valence-corrected chi connectivity index (χ2v) is 7.10. The summed E-state index contributed by atoms with van der Waals surface area (Å²) < 4.78 is 5.89. The third-order valence-corrected chi connectivity index (χ3v) is 5.32. The molecule has 21 heavy (non-hydrogen) atoms. The van der Waals surface area contributed by atoms with Crippen molar-refractivity contribution in [3.63, 3.8) is 0 Å². The predicted molar refractivity (Wildman–Crippen MR) is 80.4 cm³/mol. The topological polar surface area (TPSA) is 61.8 Å². The fraction of sp³-hybridized carbons (Fsp3) is 0.938. The summed E-state index contributed by atoms with van der Waals surface area (Å²) in [4.78, 5) is 14.1. The van der Waals surface area contributed by atoms with E-state index < -0.39 is 11.5 Å². The van der Waals surface area contributed by atoms with E-state index in [-0.39, 0.29) is 0 Å². The van der Waals surface area contributed by atoms with E-state index in [1.165, 1.54) is 19.3 Å². The Morgan fingerprint density at radius 3 is 2.81 bits per heavy atom. The van der Waals surface area contributed by atoms with Crippen molar-refractivity contribution in [3.8, 4) is 0 Å². The highest BCUT2D eigenvalue weighted by molar-refractivity contribution is 5.78. The van der Waals surface area contributed by atoms with Crippen LogP contribution in [0.2, 0.25) is 0 Å². The van der Waals surface area contributed by atoms with Gasteiger partial charge in [0.25, 0.3) is 0 Å². The number of fused-ring (bicyclic) bond motifs is 1. The smallest absolute Gasteiger partial charge is 0.323 e. The van der Waals surface area contributed by atoms with Crippen LogP contribution in [-0.4, -0.2) is 59.4 Å². The Labute approximate surface area is 127 Å². The van der Waals surface area contributed by atoms with Gasteiger partial charge in [-0.2, -0.15) is 0 Å². The summed E-state index contributed by atoms with van der Waals surface area (Å²) in [7, 11) is 0. The maximum Gasteiger partial charge on any atom is 0.323 e. The fourth-order valence-corrected chi connectivity index (χ4v) is 3.74. The van der Waals surface area contributed by atoms with Crippen LogP contribution in [0.1, 0.15) is 51.9 Å². The molecule has 5 heteroatoms. The maximum absolute atomic E-state index is 11.6. The van der Waals surface area contributed by atoms with Crippen molar-refractivity contribution in [2.45, 2.75) is 75.6 Å². The monoisotopic (exact) mass is 296 g/mol. The van der Waals surface area contributed by atoms with E-state index in [2.05, 4.69) is 10.2 Å². The number of nitrogens with one attached hydrogen (secondary N) is 1. The highest BCUT2D eigenvalue weighted by Gasteiger charge is 2.40. The minimum absolute atomic E-state index is 0.375. The van der Waals surface area contributed by atoms with Gasteiger partial charge in [-0.05, 0) is 39.0 Å². The number of aliphatic carboxylic acids is 1. The second-order valence-electron chi connectivity index (χ2n) is 7.10. The van der Waals surface area contributed by atoms with Gasteiger partial charge in [0.05, 0.1) is 12.7 Å². The molecule has 3 atom stereocenters. The van der Waals surface area contributed by atoms with Gasteiger partial charge in [0.1, 0.15) is 5.54 Å². The minimum atomic E-state index is -0.788. The molecule has 0 bridgehead atoms. The van der Waals surface area contributed by atoms with Crippen LogP contribution in [0.25, 0.3) is 0 Å². The van der Waals surface area contributed by atoms with E-state index in [0.29, 0.717) is 24.6 Å². The highest BCUT2D eigenvalue weighted by atomic mass is 16.5. The van der Waals surface area contributed by atoms with Gasteiger partial charge in [0, 0.05) is 25.2 Å². The van der Waals surface area contributed by atoms with Gasteiger partial charge in [0.2, 0.25) is 0 Å². The number of ether oxygens (including phenoxy) is 1.